The largest absolute Gasteiger partial charge is 0.493 e. The normalized spacial score (nSPS) is 10.2. The second kappa shape index (κ2) is 6.69. The zero-order valence-electron chi connectivity index (χ0n) is 11.1. The minimum absolute atomic E-state index is 0.00145. The topological polar surface area (TPSA) is 64.3 Å². The van der Waals surface area contributed by atoms with Crippen LogP contribution in [0, 0.1) is 11.6 Å². The highest BCUT2D eigenvalue weighted by Gasteiger charge is 2.06. The Morgan fingerprint density at radius 1 is 1.14 bits per heavy atom. The first-order chi connectivity index (χ1) is 10.0. The number of amides is 1. The molecule has 1 amide bonds. The molecule has 2 rings (SSSR count). The lowest BCUT2D eigenvalue weighted by molar-refractivity contribution is -0.116. The predicted octanol–water partition coefficient (Wildman–Crippen LogP) is 2.95. The number of hydrogen-bond acceptors (Lipinski definition) is 3. The maximum absolute atomic E-state index is 12.9. The van der Waals surface area contributed by atoms with E-state index in [0.717, 1.165) is 18.2 Å². The number of nitrogen functional groups attached to an aromatic ring is 1. The molecule has 0 aliphatic heterocycles. The van der Waals surface area contributed by atoms with E-state index in [-0.39, 0.29) is 24.7 Å². The lowest BCUT2D eigenvalue weighted by Gasteiger charge is -2.09. The van der Waals surface area contributed by atoms with Gasteiger partial charge in [-0.25, -0.2) is 8.78 Å². The van der Waals surface area contributed by atoms with Crippen molar-refractivity contribution in [2.24, 2.45) is 0 Å². The third kappa shape index (κ3) is 4.45. The summed E-state index contributed by atoms with van der Waals surface area (Å²) in [5, 5.41) is 2.63. The molecule has 0 saturated carbocycles. The van der Waals surface area contributed by atoms with E-state index in [4.69, 9.17) is 10.5 Å². The summed E-state index contributed by atoms with van der Waals surface area (Å²) in [7, 11) is 0. The molecule has 110 valence electrons. The number of anilines is 2. The summed E-state index contributed by atoms with van der Waals surface area (Å²) in [6, 6.07) is 9.70. The van der Waals surface area contributed by atoms with E-state index >= 15 is 0 Å². The average Bonchev–Trinajstić information content (AvgIpc) is 2.40. The van der Waals surface area contributed by atoms with Crippen LogP contribution in [0.25, 0.3) is 0 Å². The summed E-state index contributed by atoms with van der Waals surface area (Å²) in [6.45, 7) is 0.00145. The number of nitrogens with two attached hydrogens (primary N) is 1. The molecule has 2 aromatic carbocycles. The van der Waals surface area contributed by atoms with Gasteiger partial charge in [0, 0.05) is 18.2 Å². The first kappa shape index (κ1) is 14.8. The maximum Gasteiger partial charge on any atom is 0.227 e. The van der Waals surface area contributed by atoms with Gasteiger partial charge in [-0.1, -0.05) is 12.1 Å². The van der Waals surface area contributed by atoms with Crippen molar-refractivity contribution < 1.29 is 18.3 Å². The van der Waals surface area contributed by atoms with Gasteiger partial charge in [0.25, 0.3) is 0 Å². The highest BCUT2D eigenvalue weighted by atomic mass is 19.1. The zero-order chi connectivity index (χ0) is 15.2. The molecule has 0 spiro atoms. The lowest BCUT2D eigenvalue weighted by atomic mass is 10.2. The molecule has 0 unspecified atom stereocenters. The molecule has 0 heterocycles. The van der Waals surface area contributed by atoms with Crippen molar-refractivity contribution in [2.45, 2.75) is 6.42 Å². The summed E-state index contributed by atoms with van der Waals surface area (Å²) < 4.78 is 31.0. The molecule has 0 radical (unpaired) electrons. The fourth-order valence-electron chi connectivity index (χ4n) is 1.70. The van der Waals surface area contributed by atoms with Gasteiger partial charge in [0.15, 0.2) is 0 Å². The van der Waals surface area contributed by atoms with Gasteiger partial charge in [-0.3, -0.25) is 4.79 Å². The third-order valence-electron chi connectivity index (χ3n) is 2.67. The Morgan fingerprint density at radius 3 is 2.48 bits per heavy atom. The van der Waals surface area contributed by atoms with Crippen LogP contribution < -0.4 is 15.8 Å². The van der Waals surface area contributed by atoms with Crippen LogP contribution in [0.2, 0.25) is 0 Å². The number of halogens is 2. The highest BCUT2D eigenvalue weighted by Crippen LogP contribution is 2.17. The molecule has 6 heteroatoms. The Kier molecular flexibility index (Phi) is 4.71. The first-order valence-corrected chi connectivity index (χ1v) is 6.28. The lowest BCUT2D eigenvalue weighted by Crippen LogP contribution is -2.16. The minimum atomic E-state index is -0.730. The van der Waals surface area contributed by atoms with Crippen molar-refractivity contribution in [2.75, 3.05) is 17.7 Å². The first-order valence-electron chi connectivity index (χ1n) is 6.28. The van der Waals surface area contributed by atoms with Crippen LogP contribution in [0.4, 0.5) is 20.2 Å². The summed E-state index contributed by atoms with van der Waals surface area (Å²) in [5.74, 6) is -1.72. The minimum Gasteiger partial charge on any atom is -0.493 e. The van der Waals surface area contributed by atoms with Crippen molar-refractivity contribution in [1.82, 2.24) is 0 Å². The van der Waals surface area contributed by atoms with Crippen LogP contribution in [0.1, 0.15) is 6.42 Å². The van der Waals surface area contributed by atoms with Crippen LogP contribution in [0.5, 0.6) is 5.75 Å². The fourth-order valence-corrected chi connectivity index (χ4v) is 1.70. The van der Waals surface area contributed by atoms with Crippen LogP contribution in [0.15, 0.2) is 42.5 Å². The Balaban J connectivity index is 1.83. The monoisotopic (exact) mass is 292 g/mol. The molecule has 0 aliphatic rings. The second-order valence-corrected chi connectivity index (χ2v) is 4.34. The van der Waals surface area contributed by atoms with E-state index in [1.807, 2.05) is 0 Å². The Hall–Kier alpha value is -2.63. The number of benzene rings is 2. The highest BCUT2D eigenvalue weighted by molar-refractivity contribution is 5.93. The molecule has 0 atom stereocenters. The van der Waals surface area contributed by atoms with Crippen LogP contribution in [-0.2, 0) is 4.79 Å². The summed E-state index contributed by atoms with van der Waals surface area (Å²) in [6.07, 6.45) is 0.0342. The molecule has 0 saturated heterocycles. The van der Waals surface area contributed by atoms with Crippen LogP contribution in [-0.4, -0.2) is 12.5 Å². The van der Waals surface area contributed by atoms with Gasteiger partial charge in [-0.05, 0) is 12.1 Å². The van der Waals surface area contributed by atoms with Gasteiger partial charge in [0.2, 0.25) is 5.91 Å². The average molecular weight is 292 g/mol. The van der Waals surface area contributed by atoms with Crippen LogP contribution >= 0.6 is 0 Å². The molecular weight excluding hydrogens is 278 g/mol. The van der Waals surface area contributed by atoms with E-state index in [1.54, 1.807) is 24.3 Å². The van der Waals surface area contributed by atoms with E-state index in [9.17, 15) is 13.6 Å². The summed E-state index contributed by atoms with van der Waals surface area (Å²) in [4.78, 5) is 11.7. The standard InChI is InChI=1S/C15H14F2N2O2/c16-10-7-11(17)9-12(8-10)21-6-5-15(20)19-14-4-2-1-3-13(14)18/h1-4,7-9H,5-6,18H2,(H,19,20). The fraction of sp³-hybridized carbons (Fsp3) is 0.133. The van der Waals surface area contributed by atoms with Gasteiger partial charge in [-0.2, -0.15) is 0 Å². The van der Waals surface area contributed by atoms with Crippen molar-refractivity contribution in [1.29, 1.82) is 0 Å². The Bertz CT molecular complexity index is 627. The van der Waals surface area contributed by atoms with Gasteiger partial charge in [0.05, 0.1) is 24.4 Å². The SMILES string of the molecule is Nc1ccccc1NC(=O)CCOc1cc(F)cc(F)c1. The quantitative estimate of drug-likeness (QED) is 0.833. The van der Waals surface area contributed by atoms with Crippen molar-refractivity contribution in [3.63, 3.8) is 0 Å². The number of rotatable bonds is 5. The molecule has 0 aliphatic carbocycles. The van der Waals surface area contributed by atoms with Gasteiger partial charge in [0.1, 0.15) is 17.4 Å². The molecule has 2 aromatic rings. The molecular formula is C15H14F2N2O2. The van der Waals surface area contributed by atoms with Crippen molar-refractivity contribution in [3.8, 4) is 5.75 Å². The van der Waals surface area contributed by atoms with E-state index in [2.05, 4.69) is 5.32 Å². The van der Waals surface area contributed by atoms with Gasteiger partial charge < -0.3 is 15.8 Å². The number of hydrogen-bond donors (Lipinski definition) is 2. The Morgan fingerprint density at radius 2 is 1.81 bits per heavy atom. The smallest absolute Gasteiger partial charge is 0.227 e. The molecule has 0 bridgehead atoms. The van der Waals surface area contributed by atoms with E-state index in [0.29, 0.717) is 11.4 Å². The summed E-state index contributed by atoms with van der Waals surface area (Å²) >= 11 is 0. The third-order valence-corrected chi connectivity index (χ3v) is 2.67. The number of carbonyl (C=O) groups is 1. The molecule has 0 aromatic heterocycles. The maximum atomic E-state index is 12.9. The van der Waals surface area contributed by atoms with Crippen LogP contribution in [0.3, 0.4) is 0 Å². The van der Waals surface area contributed by atoms with Crippen molar-refractivity contribution >= 4 is 17.3 Å². The van der Waals surface area contributed by atoms with E-state index < -0.39 is 11.6 Å². The molecule has 0 fully saturated rings. The molecule has 21 heavy (non-hydrogen) atoms. The second-order valence-electron chi connectivity index (χ2n) is 4.34. The molecule has 4 nitrogen and oxygen atoms in total. The summed E-state index contributed by atoms with van der Waals surface area (Å²) in [5.41, 5.74) is 6.66. The number of ether oxygens (including phenoxy) is 1. The van der Waals surface area contributed by atoms with E-state index in [1.165, 1.54) is 0 Å². The zero-order valence-corrected chi connectivity index (χ0v) is 11.1. The molecule has 3 N–H and O–H groups in total. The van der Waals surface area contributed by atoms with Gasteiger partial charge in [-0.15, -0.1) is 0 Å². The van der Waals surface area contributed by atoms with Gasteiger partial charge >= 0.3 is 0 Å². The number of nitrogens with one attached hydrogen (secondary N) is 1. The number of para-hydroxylation sites is 2. The number of carbonyl (C=O) groups excluding carboxylic acids is 1. The Labute approximate surface area is 120 Å². The van der Waals surface area contributed by atoms with Crippen molar-refractivity contribution in [3.05, 3.63) is 54.1 Å². The predicted molar refractivity (Wildman–Crippen MR) is 76.0 cm³/mol.